The molecule has 0 heterocycles. The molecule has 0 aliphatic heterocycles. The lowest BCUT2D eigenvalue weighted by atomic mass is 10.2. The van der Waals surface area contributed by atoms with Crippen molar-refractivity contribution in [2.45, 2.75) is 21.6 Å². The van der Waals surface area contributed by atoms with Crippen LogP contribution in [-0.2, 0) is 0 Å². The number of thioether (sulfide) groups is 1. The van der Waals surface area contributed by atoms with E-state index in [1.165, 1.54) is 23.5 Å². The fourth-order valence-electron chi connectivity index (χ4n) is 1.74. The van der Waals surface area contributed by atoms with E-state index in [1.807, 2.05) is 43.3 Å². The Hall–Kier alpha value is -1.10. The van der Waals surface area contributed by atoms with Crippen LogP contribution in [0.25, 0.3) is 0 Å². The maximum atomic E-state index is 11.5. The fourth-order valence-corrected chi connectivity index (χ4v) is 3.92. The number of carboxylic acid groups (broad SMARTS) is 1. The number of carbonyl (C=O) groups is 1. The molecule has 0 aromatic heterocycles. The fraction of sp³-hybridized carbons (Fsp3) is 0.133. The second kappa shape index (κ2) is 7.07. The molecular formula is C15H13ClO2S2. The number of benzene rings is 2. The van der Waals surface area contributed by atoms with Gasteiger partial charge in [-0.15, -0.1) is 11.8 Å². The summed E-state index contributed by atoms with van der Waals surface area (Å²) in [6, 6.07) is 13.0. The summed E-state index contributed by atoms with van der Waals surface area (Å²) in [5.41, 5.74) is 0.365. The van der Waals surface area contributed by atoms with Gasteiger partial charge in [-0.1, -0.05) is 42.4 Å². The summed E-state index contributed by atoms with van der Waals surface area (Å²) in [6.07, 6.45) is 0. The summed E-state index contributed by atoms with van der Waals surface area (Å²) in [4.78, 5) is 14.0. The minimum atomic E-state index is -0.897. The summed E-state index contributed by atoms with van der Waals surface area (Å²) in [5, 5.41) is 10.1. The molecule has 0 aliphatic rings. The smallest absolute Gasteiger partial charge is 0.337 e. The molecule has 2 aromatic rings. The highest BCUT2D eigenvalue weighted by Crippen LogP contribution is 2.36. The largest absolute Gasteiger partial charge is 0.478 e. The molecular weight excluding hydrogens is 312 g/mol. The maximum Gasteiger partial charge on any atom is 0.337 e. The Kier molecular flexibility index (Phi) is 5.40. The van der Waals surface area contributed by atoms with Gasteiger partial charge in [0.2, 0.25) is 0 Å². The SMILES string of the molecule is CCSc1cccc(Sc2cccc(Cl)c2)c1C(=O)O. The molecule has 0 saturated carbocycles. The van der Waals surface area contributed by atoms with Crippen molar-refractivity contribution in [3.63, 3.8) is 0 Å². The molecule has 0 radical (unpaired) electrons. The number of hydrogen-bond acceptors (Lipinski definition) is 3. The van der Waals surface area contributed by atoms with Crippen molar-refractivity contribution in [2.24, 2.45) is 0 Å². The van der Waals surface area contributed by atoms with Gasteiger partial charge in [0.25, 0.3) is 0 Å². The number of carboxylic acids is 1. The predicted octanol–water partition coefficient (Wildman–Crippen LogP) is 5.30. The highest BCUT2D eigenvalue weighted by Gasteiger charge is 2.16. The molecule has 2 nitrogen and oxygen atoms in total. The van der Waals surface area contributed by atoms with Crippen LogP contribution in [0.15, 0.2) is 57.2 Å². The van der Waals surface area contributed by atoms with Crippen LogP contribution < -0.4 is 0 Å². The van der Waals surface area contributed by atoms with Crippen LogP contribution in [0.2, 0.25) is 5.02 Å². The van der Waals surface area contributed by atoms with E-state index in [1.54, 1.807) is 6.07 Å². The van der Waals surface area contributed by atoms with Gasteiger partial charge < -0.3 is 5.11 Å². The van der Waals surface area contributed by atoms with Gasteiger partial charge in [0.15, 0.2) is 0 Å². The van der Waals surface area contributed by atoms with Gasteiger partial charge in [-0.2, -0.15) is 0 Å². The van der Waals surface area contributed by atoms with Crippen LogP contribution in [0, 0.1) is 0 Å². The Bertz CT molecular complexity index is 629. The van der Waals surface area contributed by atoms with Crippen LogP contribution in [0.5, 0.6) is 0 Å². The van der Waals surface area contributed by atoms with Gasteiger partial charge in [-0.05, 0) is 36.1 Å². The summed E-state index contributed by atoms with van der Waals surface area (Å²) >= 11 is 8.92. The topological polar surface area (TPSA) is 37.3 Å². The molecule has 0 unspecified atom stereocenters. The van der Waals surface area contributed by atoms with Crippen LogP contribution in [0.4, 0.5) is 0 Å². The summed E-state index contributed by atoms with van der Waals surface area (Å²) < 4.78 is 0. The van der Waals surface area contributed by atoms with Gasteiger partial charge in [0.05, 0.1) is 5.56 Å². The van der Waals surface area contributed by atoms with Crippen molar-refractivity contribution >= 4 is 41.1 Å². The van der Waals surface area contributed by atoms with Gasteiger partial charge >= 0.3 is 5.97 Å². The standard InChI is InChI=1S/C15H13ClO2S2/c1-2-19-12-7-4-8-13(14(12)15(17)18)20-11-6-3-5-10(16)9-11/h3-9H,2H2,1H3,(H,17,18). The molecule has 0 fully saturated rings. The summed E-state index contributed by atoms with van der Waals surface area (Å²) in [6.45, 7) is 2.01. The zero-order valence-electron chi connectivity index (χ0n) is 10.8. The molecule has 5 heteroatoms. The zero-order valence-corrected chi connectivity index (χ0v) is 13.2. The van der Waals surface area contributed by atoms with E-state index in [0.29, 0.717) is 10.6 Å². The quantitative estimate of drug-likeness (QED) is 0.757. The average Bonchev–Trinajstić information content (AvgIpc) is 2.39. The molecule has 0 aliphatic carbocycles. The van der Waals surface area contributed by atoms with Crippen molar-refractivity contribution in [2.75, 3.05) is 5.75 Å². The third kappa shape index (κ3) is 3.72. The Balaban J connectivity index is 2.40. The number of halogens is 1. The first-order valence-corrected chi connectivity index (χ1v) is 8.22. The van der Waals surface area contributed by atoms with E-state index in [-0.39, 0.29) is 0 Å². The Labute approximate surface area is 131 Å². The average molecular weight is 325 g/mol. The van der Waals surface area contributed by atoms with Crippen LogP contribution >= 0.6 is 35.1 Å². The zero-order chi connectivity index (χ0) is 14.5. The van der Waals surface area contributed by atoms with E-state index >= 15 is 0 Å². The highest BCUT2D eigenvalue weighted by atomic mass is 35.5. The summed E-state index contributed by atoms with van der Waals surface area (Å²) in [5.74, 6) is -0.0583. The third-order valence-corrected chi connectivity index (χ3v) is 4.75. The van der Waals surface area contributed by atoms with Gasteiger partial charge in [-0.3, -0.25) is 0 Å². The third-order valence-electron chi connectivity index (χ3n) is 2.53. The molecule has 0 saturated heterocycles. The van der Waals surface area contributed by atoms with Crippen LogP contribution in [0.3, 0.4) is 0 Å². The Morgan fingerprint density at radius 1 is 1.20 bits per heavy atom. The first kappa shape index (κ1) is 15.3. The first-order chi connectivity index (χ1) is 9.61. The molecule has 0 bridgehead atoms. The van der Waals surface area contributed by atoms with Crippen molar-refractivity contribution in [1.82, 2.24) is 0 Å². The van der Waals surface area contributed by atoms with E-state index in [4.69, 9.17) is 11.6 Å². The lowest BCUT2D eigenvalue weighted by Gasteiger charge is -2.10. The second-order valence-corrected chi connectivity index (χ2v) is 6.78. The van der Waals surface area contributed by atoms with Crippen molar-refractivity contribution < 1.29 is 9.90 Å². The van der Waals surface area contributed by atoms with E-state index in [0.717, 1.165) is 20.4 Å². The summed E-state index contributed by atoms with van der Waals surface area (Å²) in [7, 11) is 0. The van der Waals surface area contributed by atoms with Crippen molar-refractivity contribution in [3.05, 3.63) is 53.1 Å². The second-order valence-electron chi connectivity index (χ2n) is 3.93. The lowest BCUT2D eigenvalue weighted by Crippen LogP contribution is -2.01. The molecule has 0 amide bonds. The first-order valence-electron chi connectivity index (χ1n) is 6.04. The minimum absolute atomic E-state index is 0.365. The maximum absolute atomic E-state index is 11.5. The Morgan fingerprint density at radius 2 is 1.90 bits per heavy atom. The van der Waals surface area contributed by atoms with Gasteiger partial charge in [0.1, 0.15) is 0 Å². The number of rotatable bonds is 5. The number of hydrogen-bond donors (Lipinski definition) is 1. The molecule has 1 N–H and O–H groups in total. The van der Waals surface area contributed by atoms with Crippen molar-refractivity contribution in [3.8, 4) is 0 Å². The lowest BCUT2D eigenvalue weighted by molar-refractivity contribution is 0.0689. The molecule has 104 valence electrons. The molecule has 0 atom stereocenters. The number of aromatic carboxylic acids is 1. The van der Waals surface area contributed by atoms with E-state index in [2.05, 4.69) is 0 Å². The van der Waals surface area contributed by atoms with Crippen LogP contribution in [0.1, 0.15) is 17.3 Å². The van der Waals surface area contributed by atoms with Gasteiger partial charge in [0, 0.05) is 19.7 Å². The highest BCUT2D eigenvalue weighted by molar-refractivity contribution is 8.00. The van der Waals surface area contributed by atoms with E-state index < -0.39 is 5.97 Å². The molecule has 20 heavy (non-hydrogen) atoms. The van der Waals surface area contributed by atoms with Crippen LogP contribution in [-0.4, -0.2) is 16.8 Å². The molecule has 2 rings (SSSR count). The van der Waals surface area contributed by atoms with Crippen molar-refractivity contribution in [1.29, 1.82) is 0 Å². The predicted molar refractivity (Wildman–Crippen MR) is 85.4 cm³/mol. The monoisotopic (exact) mass is 324 g/mol. The molecule has 0 spiro atoms. The van der Waals surface area contributed by atoms with E-state index in [9.17, 15) is 9.90 Å². The minimum Gasteiger partial charge on any atom is -0.478 e. The van der Waals surface area contributed by atoms with Gasteiger partial charge in [-0.25, -0.2) is 4.79 Å². The Morgan fingerprint density at radius 3 is 2.55 bits per heavy atom. The normalized spacial score (nSPS) is 10.5. The molecule has 2 aromatic carbocycles.